The van der Waals surface area contributed by atoms with Crippen molar-refractivity contribution in [3.8, 4) is 11.5 Å². The summed E-state index contributed by atoms with van der Waals surface area (Å²) < 4.78 is 11.9. The van der Waals surface area contributed by atoms with Crippen molar-refractivity contribution >= 4 is 17.3 Å². The fourth-order valence-corrected chi connectivity index (χ4v) is 4.36. The molecule has 1 fully saturated rings. The van der Waals surface area contributed by atoms with Crippen molar-refractivity contribution in [1.82, 2.24) is 4.98 Å². The molecule has 0 spiro atoms. The van der Waals surface area contributed by atoms with Crippen LogP contribution in [-0.2, 0) is 13.0 Å². The van der Waals surface area contributed by atoms with Crippen LogP contribution in [0.25, 0.3) is 0 Å². The van der Waals surface area contributed by atoms with Crippen LogP contribution in [0.2, 0.25) is 0 Å². The van der Waals surface area contributed by atoms with Gasteiger partial charge in [0.05, 0.1) is 18.8 Å². The van der Waals surface area contributed by atoms with E-state index in [0.717, 1.165) is 35.3 Å². The number of aromatic nitrogens is 1. The molecule has 6 heteroatoms. The molecular formula is C27H30N2O4. The summed E-state index contributed by atoms with van der Waals surface area (Å²) in [6.45, 7) is 2.50. The molecule has 1 aliphatic carbocycles. The van der Waals surface area contributed by atoms with Crippen molar-refractivity contribution in [2.75, 3.05) is 12.0 Å². The Bertz CT molecular complexity index is 1090. The summed E-state index contributed by atoms with van der Waals surface area (Å²) in [5, 5.41) is 9.77. The molecule has 0 saturated heterocycles. The van der Waals surface area contributed by atoms with Gasteiger partial charge in [-0.3, -0.25) is 4.98 Å². The highest BCUT2D eigenvalue weighted by molar-refractivity contribution is 5.91. The lowest BCUT2D eigenvalue weighted by Crippen LogP contribution is -2.18. The number of pyridine rings is 1. The van der Waals surface area contributed by atoms with Gasteiger partial charge in [-0.2, -0.15) is 0 Å². The van der Waals surface area contributed by atoms with Gasteiger partial charge in [0.2, 0.25) is 0 Å². The minimum absolute atomic E-state index is 0.198. The Morgan fingerprint density at radius 1 is 1.09 bits per heavy atom. The first kappa shape index (κ1) is 22.6. The second kappa shape index (κ2) is 10.4. The number of nitrogens with zero attached hydrogens (tertiary/aromatic N) is 2. The van der Waals surface area contributed by atoms with Crippen molar-refractivity contribution in [3.63, 3.8) is 0 Å². The van der Waals surface area contributed by atoms with Gasteiger partial charge in [0, 0.05) is 36.4 Å². The van der Waals surface area contributed by atoms with Crippen molar-refractivity contribution in [1.29, 1.82) is 0 Å². The maximum absolute atomic E-state index is 11.9. The number of carboxylic acids is 1. The Hall–Kier alpha value is -3.54. The molecule has 3 aromatic rings. The van der Waals surface area contributed by atoms with Crippen LogP contribution in [0, 0.1) is 0 Å². The number of carboxylic acid groups (broad SMARTS) is 1. The summed E-state index contributed by atoms with van der Waals surface area (Å²) >= 11 is 0. The highest BCUT2D eigenvalue weighted by atomic mass is 16.5. The highest BCUT2D eigenvalue weighted by Crippen LogP contribution is 2.38. The van der Waals surface area contributed by atoms with Gasteiger partial charge < -0.3 is 19.5 Å². The number of hydrogen-bond acceptors (Lipinski definition) is 5. The van der Waals surface area contributed by atoms with E-state index in [0.29, 0.717) is 30.0 Å². The molecule has 1 heterocycles. The van der Waals surface area contributed by atoms with E-state index in [1.807, 2.05) is 55.6 Å². The molecule has 1 saturated carbocycles. The summed E-state index contributed by atoms with van der Waals surface area (Å²) in [5.41, 5.74) is 3.84. The van der Waals surface area contributed by atoms with Crippen molar-refractivity contribution in [2.45, 2.75) is 51.7 Å². The SMILES string of the molecule is CCc1ccc(N(Cc2cccnc2)c2ccc(OC)c(OC3CCCC3)c2)cc1C(=O)O. The van der Waals surface area contributed by atoms with Crippen LogP contribution in [0.15, 0.2) is 60.9 Å². The number of hydrogen-bond donors (Lipinski definition) is 1. The number of anilines is 2. The van der Waals surface area contributed by atoms with E-state index in [-0.39, 0.29) is 6.10 Å². The molecule has 0 radical (unpaired) electrons. The molecule has 0 atom stereocenters. The third kappa shape index (κ3) is 5.28. The lowest BCUT2D eigenvalue weighted by molar-refractivity contribution is 0.0695. The zero-order valence-electron chi connectivity index (χ0n) is 19.2. The molecule has 0 unspecified atom stereocenters. The van der Waals surface area contributed by atoms with E-state index < -0.39 is 5.97 Å². The van der Waals surface area contributed by atoms with Crippen LogP contribution in [0.3, 0.4) is 0 Å². The summed E-state index contributed by atoms with van der Waals surface area (Å²) in [4.78, 5) is 18.2. The minimum Gasteiger partial charge on any atom is -0.493 e. The molecule has 33 heavy (non-hydrogen) atoms. The molecule has 6 nitrogen and oxygen atoms in total. The molecule has 4 rings (SSSR count). The normalized spacial score (nSPS) is 13.6. The Kier molecular flexibility index (Phi) is 7.13. The van der Waals surface area contributed by atoms with Gasteiger partial charge in [-0.05, 0) is 73.6 Å². The molecule has 172 valence electrons. The van der Waals surface area contributed by atoms with Crippen molar-refractivity contribution in [2.24, 2.45) is 0 Å². The lowest BCUT2D eigenvalue weighted by atomic mass is 10.0. The van der Waals surface area contributed by atoms with Crippen LogP contribution >= 0.6 is 0 Å². The number of methoxy groups -OCH3 is 1. The Morgan fingerprint density at radius 2 is 1.85 bits per heavy atom. The average Bonchev–Trinajstić information content (AvgIpc) is 3.36. The van der Waals surface area contributed by atoms with Crippen LogP contribution in [0.1, 0.15) is 54.1 Å². The number of aryl methyl sites for hydroxylation is 1. The van der Waals surface area contributed by atoms with Crippen LogP contribution in [0.4, 0.5) is 11.4 Å². The molecule has 1 aliphatic rings. The van der Waals surface area contributed by atoms with E-state index >= 15 is 0 Å². The molecule has 0 bridgehead atoms. The fraction of sp³-hybridized carbons (Fsp3) is 0.333. The second-order valence-electron chi connectivity index (χ2n) is 8.31. The number of aromatic carboxylic acids is 1. The topological polar surface area (TPSA) is 71.9 Å². The van der Waals surface area contributed by atoms with Gasteiger partial charge in [0.25, 0.3) is 0 Å². The lowest BCUT2D eigenvalue weighted by Gasteiger charge is -2.27. The quantitative estimate of drug-likeness (QED) is 0.434. The average molecular weight is 447 g/mol. The van der Waals surface area contributed by atoms with Gasteiger partial charge in [0.1, 0.15) is 0 Å². The summed E-state index contributed by atoms with van der Waals surface area (Å²) in [6, 6.07) is 15.4. The first-order valence-electron chi connectivity index (χ1n) is 11.5. The smallest absolute Gasteiger partial charge is 0.336 e. The van der Waals surface area contributed by atoms with Gasteiger partial charge in [-0.1, -0.05) is 19.1 Å². The number of benzene rings is 2. The van der Waals surface area contributed by atoms with E-state index in [4.69, 9.17) is 9.47 Å². The maximum Gasteiger partial charge on any atom is 0.336 e. The minimum atomic E-state index is -0.921. The first-order valence-corrected chi connectivity index (χ1v) is 11.5. The highest BCUT2D eigenvalue weighted by Gasteiger charge is 2.21. The van der Waals surface area contributed by atoms with Gasteiger partial charge in [-0.25, -0.2) is 4.79 Å². The van der Waals surface area contributed by atoms with Crippen LogP contribution < -0.4 is 14.4 Å². The van der Waals surface area contributed by atoms with E-state index in [9.17, 15) is 9.90 Å². The van der Waals surface area contributed by atoms with Gasteiger partial charge in [0.15, 0.2) is 11.5 Å². The predicted molar refractivity (Wildman–Crippen MR) is 129 cm³/mol. The molecular weight excluding hydrogens is 416 g/mol. The predicted octanol–water partition coefficient (Wildman–Crippen LogP) is 6.01. The zero-order chi connectivity index (χ0) is 23.2. The van der Waals surface area contributed by atoms with Gasteiger partial charge >= 0.3 is 5.97 Å². The molecule has 1 aromatic heterocycles. The third-order valence-corrected chi connectivity index (χ3v) is 6.13. The Labute approximate surface area is 194 Å². The second-order valence-corrected chi connectivity index (χ2v) is 8.31. The largest absolute Gasteiger partial charge is 0.493 e. The van der Waals surface area contributed by atoms with Gasteiger partial charge in [-0.15, -0.1) is 0 Å². The van der Waals surface area contributed by atoms with Crippen molar-refractivity contribution < 1.29 is 19.4 Å². The third-order valence-electron chi connectivity index (χ3n) is 6.13. The Balaban J connectivity index is 1.76. The fourth-order valence-electron chi connectivity index (χ4n) is 4.36. The van der Waals surface area contributed by atoms with Crippen LogP contribution in [-0.4, -0.2) is 29.3 Å². The number of carbonyl (C=O) groups is 1. The number of rotatable bonds is 9. The monoisotopic (exact) mass is 446 g/mol. The maximum atomic E-state index is 11.9. The molecule has 1 N–H and O–H groups in total. The molecule has 2 aromatic carbocycles. The van der Waals surface area contributed by atoms with Crippen molar-refractivity contribution in [3.05, 3.63) is 77.6 Å². The summed E-state index contributed by atoms with van der Waals surface area (Å²) in [6.07, 6.45) is 8.89. The van der Waals surface area contributed by atoms with E-state index in [2.05, 4.69) is 9.88 Å². The van der Waals surface area contributed by atoms with Crippen LogP contribution in [0.5, 0.6) is 11.5 Å². The molecule has 0 aliphatic heterocycles. The van der Waals surface area contributed by atoms with E-state index in [1.165, 1.54) is 12.8 Å². The standard InChI is InChI=1S/C27H30N2O4/c1-3-20-10-11-21(15-24(20)27(30)31)29(18-19-7-6-14-28-17-19)22-12-13-25(32-2)26(16-22)33-23-8-4-5-9-23/h6-7,10-17,23H,3-5,8-9,18H2,1-2H3,(H,30,31). The Morgan fingerprint density at radius 3 is 2.52 bits per heavy atom. The van der Waals surface area contributed by atoms with E-state index in [1.54, 1.807) is 19.4 Å². The summed E-state index contributed by atoms with van der Waals surface area (Å²) in [5.74, 6) is 0.483. The number of ether oxygens (including phenoxy) is 2. The molecule has 0 amide bonds. The first-order chi connectivity index (χ1) is 16.1. The summed E-state index contributed by atoms with van der Waals surface area (Å²) in [7, 11) is 1.65. The zero-order valence-corrected chi connectivity index (χ0v) is 19.2.